The molecule has 1 aliphatic rings. The Kier molecular flexibility index (Phi) is 5.06. The third-order valence-electron chi connectivity index (χ3n) is 5.03. The Bertz CT molecular complexity index is 1070. The number of H-pyrrole nitrogens is 1. The molecule has 2 heterocycles. The molecule has 28 heavy (non-hydrogen) atoms. The van der Waals surface area contributed by atoms with E-state index in [2.05, 4.69) is 15.3 Å². The number of fused-ring (bicyclic) bond motifs is 1. The number of benzene rings is 2. The number of hydrogen-bond acceptors (Lipinski definition) is 4. The molecule has 1 atom stereocenters. The van der Waals surface area contributed by atoms with Crippen molar-refractivity contribution in [1.82, 2.24) is 15.3 Å². The van der Waals surface area contributed by atoms with E-state index in [1.807, 2.05) is 29.2 Å². The van der Waals surface area contributed by atoms with Crippen molar-refractivity contribution in [2.24, 2.45) is 5.92 Å². The molecule has 3 aromatic rings. The van der Waals surface area contributed by atoms with Gasteiger partial charge in [0.05, 0.1) is 17.0 Å². The fraction of sp³-hybridized carbons (Fsp3) is 0.286. The molecule has 1 amide bonds. The Hall–Kier alpha value is -3.22. The van der Waals surface area contributed by atoms with E-state index in [0.717, 1.165) is 18.4 Å². The summed E-state index contributed by atoms with van der Waals surface area (Å²) in [5.41, 5.74) is 1.88. The number of halogens is 1. The van der Waals surface area contributed by atoms with E-state index >= 15 is 0 Å². The van der Waals surface area contributed by atoms with Gasteiger partial charge in [-0.1, -0.05) is 24.3 Å². The summed E-state index contributed by atoms with van der Waals surface area (Å²) >= 11 is 0. The normalized spacial score (nSPS) is 16.9. The van der Waals surface area contributed by atoms with Gasteiger partial charge in [0, 0.05) is 19.6 Å². The van der Waals surface area contributed by atoms with Crippen molar-refractivity contribution in [2.75, 3.05) is 18.0 Å². The number of para-hydroxylation sites is 2. The molecule has 0 spiro atoms. The van der Waals surface area contributed by atoms with Crippen LogP contribution in [0.1, 0.15) is 18.4 Å². The lowest BCUT2D eigenvalue weighted by Crippen LogP contribution is -2.44. The van der Waals surface area contributed by atoms with Crippen molar-refractivity contribution < 1.29 is 9.18 Å². The molecular weight excluding hydrogens is 359 g/mol. The molecule has 0 bridgehead atoms. The van der Waals surface area contributed by atoms with Gasteiger partial charge in [0.2, 0.25) is 5.91 Å². The molecule has 0 unspecified atom stereocenters. The maximum atomic E-state index is 13.3. The van der Waals surface area contributed by atoms with Crippen molar-refractivity contribution in [3.05, 3.63) is 70.3 Å². The highest BCUT2D eigenvalue weighted by Crippen LogP contribution is 2.21. The molecule has 2 N–H and O–H groups in total. The number of hydrogen-bond donors (Lipinski definition) is 2. The summed E-state index contributed by atoms with van der Waals surface area (Å²) < 4.78 is 13.3. The van der Waals surface area contributed by atoms with Gasteiger partial charge >= 0.3 is 0 Å². The van der Waals surface area contributed by atoms with Crippen molar-refractivity contribution in [3.8, 4) is 0 Å². The van der Waals surface area contributed by atoms with Crippen LogP contribution in [0, 0.1) is 11.7 Å². The topological polar surface area (TPSA) is 78.1 Å². The standard InChI is InChI=1S/C21H21FN4O2/c22-16-7-3-5-14(11-16)12-23-20(27)15-6-4-10-26(13-15)19-21(28)25-18-9-2-1-8-17(18)24-19/h1-3,5,7-9,11,15H,4,6,10,12-13H2,(H,23,27)(H,25,28)/t15-/m0/s1. The maximum absolute atomic E-state index is 13.3. The minimum Gasteiger partial charge on any atom is -0.352 e. The average molecular weight is 380 g/mol. The van der Waals surface area contributed by atoms with Crippen LogP contribution in [0.25, 0.3) is 11.0 Å². The molecule has 7 heteroatoms. The second kappa shape index (κ2) is 7.80. The molecule has 0 saturated carbocycles. The molecule has 1 aliphatic heterocycles. The van der Waals surface area contributed by atoms with Gasteiger partial charge in [-0.15, -0.1) is 0 Å². The quantitative estimate of drug-likeness (QED) is 0.729. The Morgan fingerprint density at radius 2 is 2.11 bits per heavy atom. The van der Waals surface area contributed by atoms with Crippen LogP contribution in [0.2, 0.25) is 0 Å². The summed E-state index contributed by atoms with van der Waals surface area (Å²) in [7, 11) is 0. The summed E-state index contributed by atoms with van der Waals surface area (Å²) in [6.07, 6.45) is 1.54. The predicted molar refractivity (Wildman–Crippen MR) is 106 cm³/mol. The minimum atomic E-state index is -0.322. The van der Waals surface area contributed by atoms with Gasteiger partial charge in [-0.3, -0.25) is 9.59 Å². The zero-order chi connectivity index (χ0) is 19.5. The first-order valence-corrected chi connectivity index (χ1v) is 9.36. The minimum absolute atomic E-state index is 0.0915. The van der Waals surface area contributed by atoms with Crippen LogP contribution in [0.3, 0.4) is 0 Å². The second-order valence-corrected chi connectivity index (χ2v) is 7.04. The lowest BCUT2D eigenvalue weighted by atomic mass is 9.97. The van der Waals surface area contributed by atoms with Crippen molar-refractivity contribution in [3.63, 3.8) is 0 Å². The van der Waals surface area contributed by atoms with E-state index in [0.29, 0.717) is 30.0 Å². The molecule has 1 fully saturated rings. The number of carbonyl (C=O) groups excluding carboxylic acids is 1. The molecule has 144 valence electrons. The Morgan fingerprint density at radius 1 is 1.25 bits per heavy atom. The Balaban J connectivity index is 1.46. The molecule has 0 aliphatic carbocycles. The van der Waals surface area contributed by atoms with E-state index < -0.39 is 0 Å². The predicted octanol–water partition coefficient (Wildman–Crippen LogP) is 2.60. The van der Waals surface area contributed by atoms with Crippen LogP contribution >= 0.6 is 0 Å². The zero-order valence-electron chi connectivity index (χ0n) is 15.3. The van der Waals surface area contributed by atoms with E-state index in [4.69, 9.17) is 0 Å². The van der Waals surface area contributed by atoms with Gasteiger partial charge < -0.3 is 15.2 Å². The molecule has 4 rings (SSSR count). The first-order valence-electron chi connectivity index (χ1n) is 9.36. The van der Waals surface area contributed by atoms with Crippen LogP contribution in [0.15, 0.2) is 53.3 Å². The highest BCUT2D eigenvalue weighted by atomic mass is 19.1. The average Bonchev–Trinajstić information content (AvgIpc) is 2.71. The second-order valence-electron chi connectivity index (χ2n) is 7.04. The van der Waals surface area contributed by atoms with Gasteiger partial charge in [0.1, 0.15) is 5.82 Å². The first-order chi connectivity index (χ1) is 13.6. The number of anilines is 1. The maximum Gasteiger partial charge on any atom is 0.291 e. The summed E-state index contributed by atoms with van der Waals surface area (Å²) in [5, 5.41) is 2.87. The number of carbonyl (C=O) groups is 1. The van der Waals surface area contributed by atoms with Crippen LogP contribution in [-0.4, -0.2) is 29.0 Å². The number of nitrogens with zero attached hydrogens (tertiary/aromatic N) is 2. The van der Waals surface area contributed by atoms with Gasteiger partial charge in [0.15, 0.2) is 5.82 Å². The number of aromatic nitrogens is 2. The highest BCUT2D eigenvalue weighted by Gasteiger charge is 2.27. The number of nitrogens with one attached hydrogen (secondary N) is 2. The third-order valence-corrected chi connectivity index (χ3v) is 5.03. The van der Waals surface area contributed by atoms with Gasteiger partial charge in [-0.25, -0.2) is 9.37 Å². The number of amides is 1. The lowest BCUT2D eigenvalue weighted by Gasteiger charge is -2.32. The molecule has 1 aromatic heterocycles. The van der Waals surface area contributed by atoms with Crippen molar-refractivity contribution in [1.29, 1.82) is 0 Å². The Morgan fingerprint density at radius 3 is 2.96 bits per heavy atom. The third kappa shape index (κ3) is 3.88. The van der Waals surface area contributed by atoms with Crippen LogP contribution in [0.5, 0.6) is 0 Å². The fourth-order valence-corrected chi connectivity index (χ4v) is 3.60. The van der Waals surface area contributed by atoms with Crippen LogP contribution < -0.4 is 15.8 Å². The summed E-state index contributed by atoms with van der Waals surface area (Å²) in [4.78, 5) is 34.3. The number of rotatable bonds is 4. The smallest absolute Gasteiger partial charge is 0.291 e. The van der Waals surface area contributed by atoms with Crippen molar-refractivity contribution >= 4 is 22.8 Å². The summed E-state index contributed by atoms with van der Waals surface area (Å²) in [6.45, 7) is 1.40. The molecular formula is C21H21FN4O2. The van der Waals surface area contributed by atoms with E-state index in [-0.39, 0.29) is 29.7 Å². The lowest BCUT2D eigenvalue weighted by molar-refractivity contribution is -0.125. The monoisotopic (exact) mass is 380 g/mol. The number of aromatic amines is 1. The highest BCUT2D eigenvalue weighted by molar-refractivity contribution is 5.80. The molecule has 6 nitrogen and oxygen atoms in total. The van der Waals surface area contributed by atoms with E-state index in [1.54, 1.807) is 12.1 Å². The summed E-state index contributed by atoms with van der Waals surface area (Å²) in [5.74, 6) is -0.306. The van der Waals surface area contributed by atoms with E-state index in [9.17, 15) is 14.0 Å². The van der Waals surface area contributed by atoms with Gasteiger partial charge in [-0.05, 0) is 42.7 Å². The van der Waals surface area contributed by atoms with Crippen molar-refractivity contribution in [2.45, 2.75) is 19.4 Å². The van der Waals surface area contributed by atoms with Crippen LogP contribution in [-0.2, 0) is 11.3 Å². The fourth-order valence-electron chi connectivity index (χ4n) is 3.60. The van der Waals surface area contributed by atoms with Gasteiger partial charge in [-0.2, -0.15) is 0 Å². The summed E-state index contributed by atoms with van der Waals surface area (Å²) in [6, 6.07) is 13.6. The molecule has 1 saturated heterocycles. The number of piperidine rings is 1. The molecule has 0 radical (unpaired) electrons. The van der Waals surface area contributed by atoms with Gasteiger partial charge in [0.25, 0.3) is 5.56 Å². The SMILES string of the molecule is O=C(NCc1cccc(F)c1)[C@H]1CCCN(c2nc3ccccc3[nH]c2=O)C1. The Labute approximate surface area is 161 Å². The molecule has 2 aromatic carbocycles. The van der Waals surface area contributed by atoms with E-state index in [1.165, 1.54) is 12.1 Å². The first kappa shape index (κ1) is 18.2. The zero-order valence-corrected chi connectivity index (χ0v) is 15.3. The van der Waals surface area contributed by atoms with Crippen LogP contribution in [0.4, 0.5) is 10.2 Å². The largest absolute Gasteiger partial charge is 0.352 e.